The van der Waals surface area contributed by atoms with E-state index in [9.17, 15) is 9.59 Å². The molecule has 1 aromatic heterocycles. The molecule has 3 aliphatic rings. The SMILES string of the molecule is C[C@@]12CCN(C(=O)[C@H]3CCCC[C@H]3NC(=O)c3ccccc3)[C@@H]1c1ccccc1N[C@@H]2c1ccsc1. The van der Waals surface area contributed by atoms with E-state index in [2.05, 4.69) is 63.5 Å². The fourth-order valence-electron chi connectivity index (χ4n) is 6.79. The fourth-order valence-corrected chi connectivity index (χ4v) is 7.48. The summed E-state index contributed by atoms with van der Waals surface area (Å²) in [5.74, 6) is -0.0748. The van der Waals surface area contributed by atoms with Gasteiger partial charge in [0.15, 0.2) is 0 Å². The lowest BCUT2D eigenvalue weighted by atomic mass is 9.68. The number of para-hydroxylation sites is 1. The van der Waals surface area contributed by atoms with E-state index in [4.69, 9.17) is 0 Å². The number of nitrogens with zero attached hydrogens (tertiary/aromatic N) is 1. The van der Waals surface area contributed by atoms with Crippen LogP contribution in [0.4, 0.5) is 5.69 Å². The van der Waals surface area contributed by atoms with Crippen molar-refractivity contribution < 1.29 is 9.59 Å². The summed E-state index contributed by atoms with van der Waals surface area (Å²) in [6.45, 7) is 3.08. The molecule has 36 heavy (non-hydrogen) atoms. The zero-order valence-corrected chi connectivity index (χ0v) is 21.5. The Kier molecular flexibility index (Phi) is 6.08. The Morgan fingerprint density at radius 2 is 1.81 bits per heavy atom. The molecule has 1 saturated heterocycles. The molecule has 2 amide bonds. The predicted octanol–water partition coefficient (Wildman–Crippen LogP) is 6.18. The van der Waals surface area contributed by atoms with Gasteiger partial charge in [-0.1, -0.05) is 56.2 Å². The third-order valence-corrected chi connectivity index (χ3v) is 9.34. The second kappa shape index (κ2) is 9.40. The van der Waals surface area contributed by atoms with Gasteiger partial charge in [0.05, 0.1) is 18.0 Å². The van der Waals surface area contributed by atoms with Crippen molar-refractivity contribution in [3.63, 3.8) is 0 Å². The molecule has 3 heterocycles. The van der Waals surface area contributed by atoms with Gasteiger partial charge in [0.1, 0.15) is 0 Å². The maximum atomic E-state index is 14.3. The maximum Gasteiger partial charge on any atom is 0.251 e. The predicted molar refractivity (Wildman–Crippen MR) is 144 cm³/mol. The van der Waals surface area contributed by atoms with Crippen LogP contribution in [0.2, 0.25) is 0 Å². The number of likely N-dealkylation sites (tertiary alicyclic amines) is 1. The van der Waals surface area contributed by atoms with Crippen LogP contribution in [0, 0.1) is 11.3 Å². The second-order valence-corrected chi connectivity index (χ2v) is 11.5. The molecule has 1 saturated carbocycles. The van der Waals surface area contributed by atoms with Gasteiger partial charge in [-0.25, -0.2) is 0 Å². The lowest BCUT2D eigenvalue weighted by Crippen LogP contribution is -2.51. The number of benzene rings is 2. The Morgan fingerprint density at radius 1 is 1.03 bits per heavy atom. The topological polar surface area (TPSA) is 61.4 Å². The number of hydrogen-bond donors (Lipinski definition) is 2. The van der Waals surface area contributed by atoms with Crippen molar-refractivity contribution in [2.45, 2.75) is 57.2 Å². The van der Waals surface area contributed by atoms with Crippen LogP contribution in [0.1, 0.15) is 72.6 Å². The first-order chi connectivity index (χ1) is 17.6. The van der Waals surface area contributed by atoms with Gasteiger partial charge in [-0.15, -0.1) is 0 Å². The Morgan fingerprint density at radius 3 is 2.61 bits per heavy atom. The molecule has 5 atom stereocenters. The second-order valence-electron chi connectivity index (χ2n) is 10.7. The van der Waals surface area contributed by atoms with E-state index in [0.29, 0.717) is 5.56 Å². The van der Waals surface area contributed by atoms with Crippen LogP contribution in [-0.4, -0.2) is 29.3 Å². The molecule has 1 aliphatic carbocycles. The largest absolute Gasteiger partial charge is 0.377 e. The van der Waals surface area contributed by atoms with Crippen LogP contribution in [0.3, 0.4) is 0 Å². The zero-order chi connectivity index (χ0) is 24.7. The average molecular weight is 500 g/mol. The molecule has 2 N–H and O–H groups in total. The van der Waals surface area contributed by atoms with Crippen LogP contribution in [0.5, 0.6) is 0 Å². The molecule has 5 nitrogen and oxygen atoms in total. The van der Waals surface area contributed by atoms with Gasteiger partial charge in [-0.05, 0) is 65.4 Å². The van der Waals surface area contributed by atoms with Gasteiger partial charge in [0, 0.05) is 29.3 Å². The maximum absolute atomic E-state index is 14.3. The number of nitrogens with one attached hydrogen (secondary N) is 2. The number of hydrogen-bond acceptors (Lipinski definition) is 4. The number of amides is 2. The Bertz CT molecular complexity index is 1240. The highest BCUT2D eigenvalue weighted by Crippen LogP contribution is 2.60. The number of carbonyl (C=O) groups excluding carboxylic acids is 2. The summed E-state index contributed by atoms with van der Waals surface area (Å²) in [6, 6.07) is 20.0. The number of fused-ring (bicyclic) bond motifs is 3. The van der Waals surface area contributed by atoms with Gasteiger partial charge in [-0.2, -0.15) is 11.3 Å². The molecule has 2 aliphatic heterocycles. The first-order valence-corrected chi connectivity index (χ1v) is 14.0. The monoisotopic (exact) mass is 499 g/mol. The normalized spacial score (nSPS) is 29.1. The highest BCUT2D eigenvalue weighted by molar-refractivity contribution is 7.08. The summed E-state index contributed by atoms with van der Waals surface area (Å²) in [5, 5.41) is 11.4. The molecule has 3 aromatic rings. The first-order valence-electron chi connectivity index (χ1n) is 13.1. The van der Waals surface area contributed by atoms with Gasteiger partial charge in [0.2, 0.25) is 5.91 Å². The van der Waals surface area contributed by atoms with Crippen LogP contribution in [0.15, 0.2) is 71.4 Å². The summed E-state index contributed by atoms with van der Waals surface area (Å²) in [7, 11) is 0. The number of rotatable bonds is 4. The van der Waals surface area contributed by atoms with Crippen LogP contribution < -0.4 is 10.6 Å². The quantitative estimate of drug-likeness (QED) is 0.450. The Balaban J connectivity index is 1.31. The molecule has 2 aromatic carbocycles. The number of anilines is 1. The van der Waals surface area contributed by atoms with Crippen molar-refractivity contribution in [1.82, 2.24) is 10.2 Å². The molecule has 6 rings (SSSR count). The fraction of sp³-hybridized carbons (Fsp3) is 0.400. The third kappa shape index (κ3) is 3.92. The minimum absolute atomic E-state index is 0.0137. The third-order valence-electron chi connectivity index (χ3n) is 8.64. The standard InChI is InChI=1S/C30H33N3O2S/c1-30-16-17-33(27(30)22-11-5-7-13-24(22)31-26(30)21-15-18-36-19-21)29(35)23-12-6-8-14-25(23)32-28(34)20-9-3-2-4-10-20/h2-5,7,9-11,13,15,18-19,23,25-27,31H,6,8,12,14,16-17H2,1H3,(H,32,34)/t23-,25+,26+,27+,30-/m0/s1. The highest BCUT2D eigenvalue weighted by Gasteiger charge is 2.55. The minimum Gasteiger partial charge on any atom is -0.377 e. The molecule has 0 unspecified atom stereocenters. The van der Waals surface area contributed by atoms with Gasteiger partial charge in [0.25, 0.3) is 5.91 Å². The Labute approximate surface area is 216 Å². The molecule has 6 heteroatoms. The average Bonchev–Trinajstić information content (AvgIpc) is 3.57. The number of thiophene rings is 1. The summed E-state index contributed by atoms with van der Waals surface area (Å²) in [4.78, 5) is 29.4. The summed E-state index contributed by atoms with van der Waals surface area (Å²) in [5.41, 5.74) is 4.16. The van der Waals surface area contributed by atoms with E-state index in [1.54, 1.807) is 11.3 Å². The molecular weight excluding hydrogens is 466 g/mol. The molecule has 0 spiro atoms. The lowest BCUT2D eigenvalue weighted by molar-refractivity contribution is -0.139. The van der Waals surface area contributed by atoms with Gasteiger partial charge < -0.3 is 15.5 Å². The van der Waals surface area contributed by atoms with Gasteiger partial charge >= 0.3 is 0 Å². The van der Waals surface area contributed by atoms with Crippen molar-refractivity contribution in [3.05, 3.63) is 88.1 Å². The van der Waals surface area contributed by atoms with E-state index < -0.39 is 0 Å². The summed E-state index contributed by atoms with van der Waals surface area (Å²) in [6.07, 6.45) is 4.68. The van der Waals surface area contributed by atoms with Crippen molar-refractivity contribution in [3.8, 4) is 0 Å². The van der Waals surface area contributed by atoms with Crippen molar-refractivity contribution in [2.24, 2.45) is 11.3 Å². The van der Waals surface area contributed by atoms with Crippen molar-refractivity contribution in [1.29, 1.82) is 0 Å². The summed E-state index contributed by atoms with van der Waals surface area (Å²) >= 11 is 1.72. The summed E-state index contributed by atoms with van der Waals surface area (Å²) < 4.78 is 0. The van der Waals surface area contributed by atoms with Crippen molar-refractivity contribution >= 4 is 28.8 Å². The molecule has 0 radical (unpaired) electrons. The van der Waals surface area contributed by atoms with Gasteiger partial charge in [-0.3, -0.25) is 9.59 Å². The molecule has 2 fully saturated rings. The van der Waals surface area contributed by atoms with E-state index in [1.807, 2.05) is 30.3 Å². The number of carbonyl (C=O) groups is 2. The molecule has 186 valence electrons. The van der Waals surface area contributed by atoms with Crippen LogP contribution in [0.25, 0.3) is 0 Å². The van der Waals surface area contributed by atoms with Crippen LogP contribution >= 0.6 is 11.3 Å². The Hall–Kier alpha value is -3.12. The minimum atomic E-state index is -0.185. The van der Waals surface area contributed by atoms with E-state index in [1.165, 1.54) is 11.1 Å². The van der Waals surface area contributed by atoms with E-state index in [0.717, 1.165) is 44.3 Å². The lowest BCUT2D eigenvalue weighted by Gasteiger charge is -2.47. The highest BCUT2D eigenvalue weighted by atomic mass is 32.1. The molecular formula is C30H33N3O2S. The van der Waals surface area contributed by atoms with E-state index >= 15 is 0 Å². The van der Waals surface area contributed by atoms with E-state index in [-0.39, 0.29) is 41.3 Å². The van der Waals surface area contributed by atoms with Crippen LogP contribution in [-0.2, 0) is 4.79 Å². The zero-order valence-electron chi connectivity index (χ0n) is 20.7. The van der Waals surface area contributed by atoms with Crippen molar-refractivity contribution in [2.75, 3.05) is 11.9 Å². The molecule has 0 bridgehead atoms. The first kappa shape index (κ1) is 23.3. The smallest absolute Gasteiger partial charge is 0.251 e.